The van der Waals surface area contributed by atoms with Crippen molar-refractivity contribution in [2.45, 2.75) is 64.9 Å². The lowest BCUT2D eigenvalue weighted by molar-refractivity contribution is -0.231. The van der Waals surface area contributed by atoms with Crippen LogP contribution in [-0.4, -0.2) is 41.2 Å². The van der Waals surface area contributed by atoms with Gasteiger partial charge in [-0.2, -0.15) is 0 Å². The second-order valence-corrected chi connectivity index (χ2v) is 21.2. The molecule has 0 bridgehead atoms. The summed E-state index contributed by atoms with van der Waals surface area (Å²) >= 11 is 0. The van der Waals surface area contributed by atoms with Gasteiger partial charge in [-0.3, -0.25) is 0 Å². The first-order valence-electron chi connectivity index (χ1n) is 6.64. The molecule has 0 unspecified atom stereocenters. The fraction of sp³-hybridized carbons (Fsp3) is 0.833. The molecule has 0 aliphatic rings. The predicted octanol–water partition coefficient (Wildman–Crippen LogP) is 3.88. The Labute approximate surface area is 125 Å². The highest BCUT2D eigenvalue weighted by molar-refractivity contribution is 6.72. The maximum atomic E-state index is 6.26. The molecule has 0 atom stereocenters. The van der Waals surface area contributed by atoms with E-state index in [2.05, 4.69) is 69.2 Å². The molecule has 0 rings (SSSR count). The minimum absolute atomic E-state index is 1.04. The van der Waals surface area contributed by atoms with Crippen molar-refractivity contribution in [3.05, 3.63) is 11.8 Å². The minimum Gasteiger partial charge on any atom is -0.368 e. The van der Waals surface area contributed by atoms with E-state index in [1.165, 1.54) is 0 Å². The molecule has 0 spiro atoms. The first-order valence-corrected chi connectivity index (χ1v) is 17.4. The molecule has 0 heterocycles. The van der Waals surface area contributed by atoms with Gasteiger partial charge in [0.15, 0.2) is 25.0 Å². The SMILES string of the molecule is C[Si](C)(C)OC(C=C[Si])(O[Si](C)(C)C)O[Si](C)(C)C. The van der Waals surface area contributed by atoms with Crippen LogP contribution in [0.15, 0.2) is 11.8 Å². The molecule has 0 aromatic rings. The van der Waals surface area contributed by atoms with E-state index in [4.69, 9.17) is 13.3 Å². The zero-order valence-electron chi connectivity index (χ0n) is 13.9. The average Bonchev–Trinajstić information content (AvgIpc) is 1.90. The highest BCUT2D eigenvalue weighted by Gasteiger charge is 2.42. The Morgan fingerprint density at radius 2 is 0.947 bits per heavy atom. The molecule has 0 N–H and O–H groups in total. The van der Waals surface area contributed by atoms with E-state index in [0.717, 1.165) is 0 Å². The summed E-state index contributed by atoms with van der Waals surface area (Å²) in [5.41, 5.74) is 1.76. The zero-order chi connectivity index (χ0) is 15.5. The summed E-state index contributed by atoms with van der Waals surface area (Å²) < 4.78 is 18.8. The van der Waals surface area contributed by atoms with E-state index in [1.54, 1.807) is 5.70 Å². The molecule has 0 fully saturated rings. The molecular formula is C12H29O3Si4. The van der Waals surface area contributed by atoms with Crippen molar-refractivity contribution < 1.29 is 13.3 Å². The lowest BCUT2D eigenvalue weighted by Crippen LogP contribution is -2.54. The molecule has 3 nitrogen and oxygen atoms in total. The van der Waals surface area contributed by atoms with E-state index in [-0.39, 0.29) is 0 Å². The summed E-state index contributed by atoms with van der Waals surface area (Å²) in [4.78, 5) is 0. The fourth-order valence-corrected chi connectivity index (χ4v) is 5.02. The lowest BCUT2D eigenvalue weighted by Gasteiger charge is -2.43. The standard InChI is InChI=1S/C12H29O3Si4/c1-17(2,3)13-12(10-11-16,14-18(4,5)6)15-19(7,8)9/h10-11H,1-9H3. The highest BCUT2D eigenvalue weighted by Crippen LogP contribution is 2.30. The molecule has 3 radical (unpaired) electrons. The van der Waals surface area contributed by atoms with Crippen LogP contribution in [0.25, 0.3) is 0 Å². The summed E-state index contributed by atoms with van der Waals surface area (Å²) in [6, 6.07) is 0. The first-order chi connectivity index (χ1) is 8.18. The third kappa shape index (κ3) is 9.94. The lowest BCUT2D eigenvalue weighted by atomic mass is 10.6. The quantitative estimate of drug-likeness (QED) is 0.523. The van der Waals surface area contributed by atoms with Gasteiger partial charge in [-0.15, -0.1) is 0 Å². The zero-order valence-corrected chi connectivity index (χ0v) is 17.9. The summed E-state index contributed by atoms with van der Waals surface area (Å²) in [6.45, 7) is 19.3. The Kier molecular flexibility index (Phi) is 6.67. The van der Waals surface area contributed by atoms with Crippen molar-refractivity contribution in [1.82, 2.24) is 0 Å². The summed E-state index contributed by atoms with van der Waals surface area (Å²) in [5.74, 6) is -1.04. The Bertz CT molecular complexity index is 270. The van der Waals surface area contributed by atoms with E-state index >= 15 is 0 Å². The molecular weight excluding hydrogens is 304 g/mol. The third-order valence-electron chi connectivity index (χ3n) is 1.63. The molecule has 7 heteroatoms. The largest absolute Gasteiger partial charge is 0.368 e. The van der Waals surface area contributed by atoms with Crippen LogP contribution < -0.4 is 0 Å². The van der Waals surface area contributed by atoms with Gasteiger partial charge in [0.1, 0.15) is 0 Å². The van der Waals surface area contributed by atoms with E-state index < -0.39 is 30.9 Å². The monoisotopic (exact) mass is 333 g/mol. The van der Waals surface area contributed by atoms with Crippen LogP contribution in [0.5, 0.6) is 0 Å². The molecule has 0 aromatic carbocycles. The summed E-state index contributed by atoms with van der Waals surface area (Å²) in [7, 11) is -2.04. The smallest absolute Gasteiger partial charge is 0.275 e. The van der Waals surface area contributed by atoms with Crippen LogP contribution in [0.1, 0.15) is 0 Å². The van der Waals surface area contributed by atoms with Crippen LogP contribution in [-0.2, 0) is 13.3 Å². The van der Waals surface area contributed by atoms with Crippen LogP contribution >= 0.6 is 0 Å². The van der Waals surface area contributed by atoms with Gasteiger partial charge >= 0.3 is 0 Å². The number of hydrogen-bond acceptors (Lipinski definition) is 3. The second-order valence-electron chi connectivity index (χ2n) is 7.58. The van der Waals surface area contributed by atoms with Crippen molar-refractivity contribution in [3.63, 3.8) is 0 Å². The maximum absolute atomic E-state index is 6.26. The first kappa shape index (κ1) is 19.5. The van der Waals surface area contributed by atoms with Gasteiger partial charge in [0.2, 0.25) is 0 Å². The number of rotatable bonds is 7. The van der Waals surface area contributed by atoms with Crippen molar-refractivity contribution in [3.8, 4) is 0 Å². The van der Waals surface area contributed by atoms with Crippen molar-refractivity contribution in [2.24, 2.45) is 0 Å². The van der Waals surface area contributed by atoms with Gasteiger partial charge in [-0.05, 0) is 65.0 Å². The highest BCUT2D eigenvalue weighted by atomic mass is 28.4. The van der Waals surface area contributed by atoms with Gasteiger partial charge in [-0.1, -0.05) is 5.70 Å². The molecule has 0 aromatic heterocycles. The Morgan fingerprint density at radius 1 is 0.684 bits per heavy atom. The normalized spacial score (nSPS) is 15.3. The van der Waals surface area contributed by atoms with Crippen molar-refractivity contribution >= 4 is 35.2 Å². The minimum atomic E-state index is -1.81. The summed E-state index contributed by atoms with van der Waals surface area (Å²) in [6.07, 6.45) is 1.85. The van der Waals surface area contributed by atoms with Crippen LogP contribution in [0.4, 0.5) is 0 Å². The number of hydrogen-bond donors (Lipinski definition) is 0. The van der Waals surface area contributed by atoms with Crippen molar-refractivity contribution in [2.75, 3.05) is 0 Å². The Hall–Kier alpha value is 0.488. The van der Waals surface area contributed by atoms with E-state index in [1.807, 2.05) is 6.08 Å². The Balaban J connectivity index is 5.47. The van der Waals surface area contributed by atoms with Crippen LogP contribution in [0.3, 0.4) is 0 Å². The molecule has 0 aliphatic carbocycles. The van der Waals surface area contributed by atoms with Gasteiger partial charge in [0, 0.05) is 0 Å². The molecule has 111 valence electrons. The molecule has 19 heavy (non-hydrogen) atoms. The van der Waals surface area contributed by atoms with Gasteiger partial charge in [0.25, 0.3) is 5.97 Å². The molecule has 0 saturated carbocycles. The van der Waals surface area contributed by atoms with Gasteiger partial charge in [0.05, 0.1) is 10.2 Å². The molecule has 0 aliphatic heterocycles. The van der Waals surface area contributed by atoms with Gasteiger partial charge < -0.3 is 13.3 Å². The average molecular weight is 334 g/mol. The maximum Gasteiger partial charge on any atom is 0.275 e. The fourth-order valence-electron chi connectivity index (χ4n) is 1.55. The third-order valence-corrected chi connectivity index (χ3v) is 4.49. The molecule has 0 saturated heterocycles. The van der Waals surface area contributed by atoms with E-state index in [9.17, 15) is 0 Å². The topological polar surface area (TPSA) is 27.7 Å². The van der Waals surface area contributed by atoms with Crippen LogP contribution in [0, 0.1) is 0 Å². The van der Waals surface area contributed by atoms with E-state index in [0.29, 0.717) is 0 Å². The second kappa shape index (κ2) is 6.50. The van der Waals surface area contributed by atoms with Gasteiger partial charge in [-0.25, -0.2) is 0 Å². The van der Waals surface area contributed by atoms with Crippen LogP contribution in [0.2, 0.25) is 58.9 Å². The Morgan fingerprint density at radius 3 is 1.11 bits per heavy atom. The van der Waals surface area contributed by atoms with Crippen molar-refractivity contribution in [1.29, 1.82) is 0 Å². The predicted molar refractivity (Wildman–Crippen MR) is 90.9 cm³/mol. The summed E-state index contributed by atoms with van der Waals surface area (Å²) in [5, 5.41) is 0. The molecule has 0 amide bonds.